The average Bonchev–Trinajstić information content (AvgIpc) is 2.93. The summed E-state index contributed by atoms with van der Waals surface area (Å²) in [5, 5.41) is 7.46. The van der Waals surface area contributed by atoms with Crippen LogP contribution in [0.3, 0.4) is 0 Å². The van der Waals surface area contributed by atoms with Crippen molar-refractivity contribution >= 4 is 22.8 Å². The van der Waals surface area contributed by atoms with Crippen LogP contribution in [-0.2, 0) is 0 Å². The minimum Gasteiger partial charge on any atom is -0.368 e. The molecular weight excluding hydrogens is 271 g/mol. The second kappa shape index (κ2) is 5.01. The number of nitrogens with one attached hydrogen (secondary N) is 1. The molecule has 1 atom stereocenters. The van der Waals surface area contributed by atoms with E-state index in [1.165, 1.54) is 6.07 Å². The lowest BCUT2D eigenvalue weighted by molar-refractivity contribution is 0.584. The fourth-order valence-corrected chi connectivity index (χ4v) is 2.31. The van der Waals surface area contributed by atoms with Crippen molar-refractivity contribution in [2.75, 3.05) is 17.7 Å². The van der Waals surface area contributed by atoms with Crippen LogP contribution in [0, 0.1) is 5.82 Å². The molecule has 2 heterocycles. The van der Waals surface area contributed by atoms with Crippen molar-refractivity contribution in [3.05, 3.63) is 41.8 Å². The Labute approximate surface area is 120 Å². The lowest BCUT2D eigenvalue weighted by Gasteiger charge is -2.27. The van der Waals surface area contributed by atoms with Gasteiger partial charge in [-0.25, -0.2) is 4.39 Å². The lowest BCUT2D eigenvalue weighted by Crippen LogP contribution is -2.24. The van der Waals surface area contributed by atoms with E-state index in [9.17, 15) is 4.39 Å². The van der Waals surface area contributed by atoms with Crippen LogP contribution in [0.5, 0.6) is 0 Å². The highest BCUT2D eigenvalue weighted by Crippen LogP contribution is 2.30. The zero-order valence-electron chi connectivity index (χ0n) is 11.7. The normalized spacial score (nSPS) is 12.5. The molecule has 2 aromatic heterocycles. The summed E-state index contributed by atoms with van der Waals surface area (Å²) in [6.45, 7) is 1.91. The Balaban J connectivity index is 2.06. The molecule has 0 aliphatic heterocycles. The van der Waals surface area contributed by atoms with Crippen LogP contribution in [0.4, 0.5) is 16.2 Å². The second-order valence-electron chi connectivity index (χ2n) is 4.85. The first-order valence-electron chi connectivity index (χ1n) is 6.51. The molecule has 3 N–H and O–H groups in total. The third kappa shape index (κ3) is 2.26. The van der Waals surface area contributed by atoms with Gasteiger partial charge in [0, 0.05) is 12.6 Å². The third-order valence-electron chi connectivity index (χ3n) is 3.58. The number of hydrogen-bond acceptors (Lipinski definition) is 5. The summed E-state index contributed by atoms with van der Waals surface area (Å²) in [7, 11) is 1.84. The van der Waals surface area contributed by atoms with Crippen LogP contribution in [0.2, 0.25) is 0 Å². The van der Waals surface area contributed by atoms with Gasteiger partial charge in [-0.1, -0.05) is 18.2 Å². The van der Waals surface area contributed by atoms with Crippen LogP contribution < -0.4 is 10.6 Å². The maximum absolute atomic E-state index is 13.9. The summed E-state index contributed by atoms with van der Waals surface area (Å²) in [5.41, 5.74) is 6.87. The number of halogens is 1. The zero-order valence-corrected chi connectivity index (χ0v) is 11.7. The van der Waals surface area contributed by atoms with E-state index in [0.29, 0.717) is 17.0 Å². The van der Waals surface area contributed by atoms with Gasteiger partial charge in [-0.3, -0.25) is 5.10 Å². The number of rotatable bonds is 3. The molecule has 3 aromatic rings. The van der Waals surface area contributed by atoms with E-state index in [2.05, 4.69) is 20.2 Å². The quantitative estimate of drug-likeness (QED) is 0.771. The molecule has 0 aliphatic rings. The van der Waals surface area contributed by atoms with E-state index in [-0.39, 0.29) is 17.8 Å². The average molecular weight is 286 g/mol. The number of nitrogens with two attached hydrogens (primary N) is 1. The summed E-state index contributed by atoms with van der Waals surface area (Å²) in [4.78, 5) is 10.2. The maximum atomic E-state index is 13.9. The number of fused-ring (bicyclic) bond motifs is 1. The minimum atomic E-state index is -0.248. The molecule has 0 saturated heterocycles. The smallest absolute Gasteiger partial charge is 0.224 e. The van der Waals surface area contributed by atoms with Gasteiger partial charge in [0.1, 0.15) is 11.6 Å². The molecule has 0 spiro atoms. The Bertz CT molecular complexity index is 784. The van der Waals surface area contributed by atoms with Crippen molar-refractivity contribution < 1.29 is 4.39 Å². The number of aromatic amines is 1. The molecule has 7 heteroatoms. The van der Waals surface area contributed by atoms with E-state index in [1.807, 2.05) is 24.9 Å². The van der Waals surface area contributed by atoms with E-state index in [0.717, 1.165) is 5.39 Å². The van der Waals surface area contributed by atoms with Crippen molar-refractivity contribution in [2.45, 2.75) is 13.0 Å². The highest BCUT2D eigenvalue weighted by atomic mass is 19.1. The molecule has 21 heavy (non-hydrogen) atoms. The van der Waals surface area contributed by atoms with Crippen molar-refractivity contribution in [2.24, 2.45) is 0 Å². The minimum absolute atomic E-state index is 0.148. The van der Waals surface area contributed by atoms with Gasteiger partial charge in [-0.05, 0) is 13.0 Å². The van der Waals surface area contributed by atoms with Gasteiger partial charge in [0.05, 0.1) is 17.6 Å². The van der Waals surface area contributed by atoms with Crippen molar-refractivity contribution in [1.82, 2.24) is 20.2 Å². The summed E-state index contributed by atoms with van der Waals surface area (Å²) in [6.07, 6.45) is 1.63. The Kier molecular flexibility index (Phi) is 3.17. The van der Waals surface area contributed by atoms with E-state index in [4.69, 9.17) is 5.73 Å². The summed E-state index contributed by atoms with van der Waals surface area (Å²) >= 11 is 0. The van der Waals surface area contributed by atoms with E-state index >= 15 is 0 Å². The van der Waals surface area contributed by atoms with Gasteiger partial charge in [0.2, 0.25) is 5.95 Å². The molecule has 0 saturated carbocycles. The fraction of sp³-hybridized carbons (Fsp3) is 0.214. The number of hydrogen-bond donors (Lipinski definition) is 2. The first-order valence-corrected chi connectivity index (χ1v) is 6.51. The van der Waals surface area contributed by atoms with Gasteiger partial charge in [0.15, 0.2) is 5.65 Å². The predicted octanol–water partition coefficient (Wildman–Crippen LogP) is 2.27. The number of anilines is 2. The number of aromatic nitrogens is 4. The van der Waals surface area contributed by atoms with E-state index < -0.39 is 0 Å². The summed E-state index contributed by atoms with van der Waals surface area (Å²) < 4.78 is 13.9. The Morgan fingerprint density at radius 3 is 2.81 bits per heavy atom. The van der Waals surface area contributed by atoms with Crippen LogP contribution in [-0.4, -0.2) is 27.2 Å². The molecular formula is C14H15FN6. The monoisotopic (exact) mass is 286 g/mol. The standard InChI is InChI=1S/C14H15FN6/c1-8(9-5-3-4-6-11(9)15)21(2)13-10-7-17-20-12(10)18-14(16)19-13/h3-8H,1-2H3,(H3,16,17,18,19,20). The summed E-state index contributed by atoms with van der Waals surface area (Å²) in [6, 6.07) is 6.47. The highest BCUT2D eigenvalue weighted by Gasteiger charge is 2.20. The maximum Gasteiger partial charge on any atom is 0.224 e. The predicted molar refractivity (Wildman–Crippen MR) is 79.3 cm³/mol. The largest absolute Gasteiger partial charge is 0.368 e. The Morgan fingerprint density at radius 2 is 2.05 bits per heavy atom. The van der Waals surface area contributed by atoms with Gasteiger partial charge in [0.25, 0.3) is 0 Å². The van der Waals surface area contributed by atoms with Crippen molar-refractivity contribution in [1.29, 1.82) is 0 Å². The fourth-order valence-electron chi connectivity index (χ4n) is 2.31. The molecule has 108 valence electrons. The Hall–Kier alpha value is -2.70. The van der Waals surface area contributed by atoms with Crippen molar-refractivity contribution in [3.63, 3.8) is 0 Å². The molecule has 6 nitrogen and oxygen atoms in total. The molecule has 0 radical (unpaired) electrons. The lowest BCUT2D eigenvalue weighted by atomic mass is 10.1. The molecule has 0 fully saturated rings. The second-order valence-corrected chi connectivity index (χ2v) is 4.85. The summed E-state index contributed by atoms with van der Waals surface area (Å²) in [5.74, 6) is 0.513. The zero-order chi connectivity index (χ0) is 15.0. The third-order valence-corrected chi connectivity index (χ3v) is 3.58. The van der Waals surface area contributed by atoms with Gasteiger partial charge in [-0.15, -0.1) is 0 Å². The topological polar surface area (TPSA) is 83.7 Å². The number of nitrogens with zero attached hydrogens (tertiary/aromatic N) is 4. The SMILES string of the molecule is CC(c1ccccc1F)N(C)c1nc(N)nc2[nH]ncc12. The molecule has 0 aliphatic carbocycles. The number of nitrogen functional groups attached to an aromatic ring is 1. The van der Waals surface area contributed by atoms with Crippen LogP contribution in [0.1, 0.15) is 18.5 Å². The first-order chi connectivity index (χ1) is 10.1. The highest BCUT2D eigenvalue weighted by molar-refractivity contribution is 5.87. The van der Waals surface area contributed by atoms with E-state index in [1.54, 1.807) is 18.3 Å². The molecule has 0 bridgehead atoms. The molecule has 3 rings (SSSR count). The first kappa shape index (κ1) is 13.3. The molecule has 1 unspecified atom stereocenters. The van der Waals surface area contributed by atoms with Gasteiger partial charge >= 0.3 is 0 Å². The molecule has 1 aromatic carbocycles. The number of H-pyrrole nitrogens is 1. The number of benzene rings is 1. The van der Waals surface area contributed by atoms with Crippen LogP contribution in [0.25, 0.3) is 11.0 Å². The van der Waals surface area contributed by atoms with Crippen LogP contribution in [0.15, 0.2) is 30.5 Å². The van der Waals surface area contributed by atoms with Gasteiger partial charge in [-0.2, -0.15) is 15.1 Å². The Morgan fingerprint density at radius 1 is 1.29 bits per heavy atom. The van der Waals surface area contributed by atoms with Crippen LogP contribution >= 0.6 is 0 Å². The van der Waals surface area contributed by atoms with Crippen molar-refractivity contribution in [3.8, 4) is 0 Å². The molecule has 0 amide bonds. The van der Waals surface area contributed by atoms with Gasteiger partial charge < -0.3 is 10.6 Å².